The number of carbonyl (C=O) groups excluding carboxylic acids is 4. The summed E-state index contributed by atoms with van der Waals surface area (Å²) in [5.41, 5.74) is 12.7. The predicted molar refractivity (Wildman–Crippen MR) is 276 cm³/mol. The van der Waals surface area contributed by atoms with Crippen LogP contribution in [0.15, 0.2) is 90.2 Å². The fraction of sp³-hybridized carbons (Fsp3) is 0.407. The zero-order valence-corrected chi connectivity index (χ0v) is 43.0. The molecule has 68 heavy (non-hydrogen) atoms. The molecule has 14 heteroatoms. The number of ketones is 1. The number of piperidine rings is 1. The van der Waals surface area contributed by atoms with Crippen LogP contribution in [0.2, 0.25) is 0 Å². The molecule has 0 spiro atoms. The SMILES string of the molecule is C=C(/N=C\c1cc(-c2ccc(C(C)(C)c3cc(C#N)c(OCCOCCNc4ccc(C(=O)C(C)C)c(C)c4)c(CC)c3)cc2)ccc1C)N[N+](C)(O)S.CC.CC1CCC(=O)NC1=O.CC=O. The quantitative estimate of drug-likeness (QED) is 0.00942. The lowest BCUT2D eigenvalue weighted by molar-refractivity contribution is -1.01. The van der Waals surface area contributed by atoms with Crippen molar-refractivity contribution < 1.29 is 38.0 Å². The normalized spacial score (nSPS) is 14.1. The molecule has 1 aliphatic heterocycles. The molecule has 4 aromatic carbocycles. The maximum Gasteiger partial charge on any atom is 0.229 e. The molecule has 2 unspecified atom stereocenters. The van der Waals surface area contributed by atoms with Gasteiger partial charge in [-0.25, -0.2) is 4.99 Å². The number of rotatable bonds is 18. The summed E-state index contributed by atoms with van der Waals surface area (Å²) < 4.78 is 11.2. The van der Waals surface area contributed by atoms with Gasteiger partial charge in [-0.1, -0.05) is 104 Å². The summed E-state index contributed by atoms with van der Waals surface area (Å²) in [6.07, 6.45) is 4.37. The Balaban J connectivity index is 0.000000982. The minimum Gasteiger partial charge on any atom is -0.490 e. The number of Topliss-reactive ketones (excluding diaryl/α,β-unsaturated/α-hetero) is 1. The third-order valence-electron chi connectivity index (χ3n) is 10.9. The third kappa shape index (κ3) is 18.2. The van der Waals surface area contributed by atoms with Gasteiger partial charge in [0.1, 0.15) is 44.6 Å². The molecule has 5 rings (SSSR count). The number of ether oxygens (including phenoxy) is 2. The highest BCUT2D eigenvalue weighted by molar-refractivity contribution is 7.74. The molecule has 0 saturated carbocycles. The highest BCUT2D eigenvalue weighted by atomic mass is 32.1. The van der Waals surface area contributed by atoms with Crippen LogP contribution >= 0.6 is 12.8 Å². The van der Waals surface area contributed by atoms with E-state index in [0.717, 1.165) is 62.0 Å². The van der Waals surface area contributed by atoms with Gasteiger partial charge in [0.2, 0.25) is 11.8 Å². The molecular formula is C54H73N6O7S+. The van der Waals surface area contributed by atoms with Crippen LogP contribution in [0.1, 0.15) is 124 Å². The van der Waals surface area contributed by atoms with E-state index in [4.69, 9.17) is 14.3 Å². The van der Waals surface area contributed by atoms with Crippen molar-refractivity contribution in [1.29, 1.82) is 5.26 Å². The summed E-state index contributed by atoms with van der Waals surface area (Å²) >= 11 is 3.99. The number of anilines is 1. The number of nitrogens with one attached hydrogen (secondary N) is 3. The van der Waals surface area contributed by atoms with Gasteiger partial charge < -0.3 is 19.6 Å². The minimum atomic E-state index is -0.773. The Labute approximate surface area is 410 Å². The second-order valence-electron chi connectivity index (χ2n) is 17.0. The van der Waals surface area contributed by atoms with Crippen LogP contribution in [0.4, 0.5) is 5.69 Å². The summed E-state index contributed by atoms with van der Waals surface area (Å²) in [6, 6.07) is 27.0. The maximum absolute atomic E-state index is 12.4. The maximum atomic E-state index is 12.4. The Morgan fingerprint density at radius 3 is 2.22 bits per heavy atom. The van der Waals surface area contributed by atoms with E-state index < -0.39 is 4.16 Å². The van der Waals surface area contributed by atoms with Crippen molar-refractivity contribution in [3.05, 3.63) is 130 Å². The van der Waals surface area contributed by atoms with Crippen molar-refractivity contribution in [3.8, 4) is 22.9 Å². The molecule has 1 heterocycles. The van der Waals surface area contributed by atoms with Crippen molar-refractivity contribution >= 4 is 48.6 Å². The lowest BCUT2D eigenvalue weighted by atomic mass is 9.76. The molecular weight excluding hydrogens is 877 g/mol. The first-order valence-corrected chi connectivity index (χ1v) is 23.5. The predicted octanol–water partition coefficient (Wildman–Crippen LogP) is 10.4. The van der Waals surface area contributed by atoms with Crippen LogP contribution in [0.5, 0.6) is 5.75 Å². The van der Waals surface area contributed by atoms with Crippen molar-refractivity contribution in [2.24, 2.45) is 16.8 Å². The average molecular weight is 950 g/mol. The minimum absolute atomic E-state index is 0.0164. The number of imide groups is 1. The van der Waals surface area contributed by atoms with Crippen molar-refractivity contribution in [3.63, 3.8) is 0 Å². The van der Waals surface area contributed by atoms with Gasteiger partial charge in [0.25, 0.3) is 0 Å². The van der Waals surface area contributed by atoms with Gasteiger partial charge in [-0.05, 0) is 113 Å². The highest BCUT2D eigenvalue weighted by Crippen LogP contribution is 2.37. The Hall–Kier alpha value is -6.11. The Morgan fingerprint density at radius 2 is 1.66 bits per heavy atom. The number of nitrogens with zero attached hydrogens (tertiary/aromatic N) is 3. The molecule has 4 aromatic rings. The number of hydrogen-bond acceptors (Lipinski definition) is 12. The van der Waals surface area contributed by atoms with Crippen LogP contribution < -0.4 is 20.8 Å². The molecule has 0 bridgehead atoms. The standard InChI is InChI=1S/C44H53N5O4S.C6H9NO2.C2H4O.C2H6/c1-10-33-25-39(26-36(27-45)43(33)53-22-21-52-20-19-46-40-17-18-41(31(5)23-40)42(50)29(2)3)44(7,8)38-15-13-34(14-16-38)35-12-11-30(4)37(24-35)28-47-32(6)48-49(9,51)54;1-4-2-3-5(8)7-6(4)9;1-2-3;1-2/h11-18,23-26,28-29,48,51,54H,6,10,19-22H2,1-5,7-9H3;4H,2-3H2,1H3,(H,7,8,9);2H,1H3;1-2H3/p+1/b47-28-;;;. The molecule has 1 fully saturated rings. The van der Waals surface area contributed by atoms with E-state index in [1.165, 1.54) is 14.0 Å². The number of carbonyl (C=O) groups is 4. The number of hydrogen-bond donors (Lipinski definition) is 5. The largest absolute Gasteiger partial charge is 0.490 e. The summed E-state index contributed by atoms with van der Waals surface area (Å²) in [6.45, 7) is 27.1. The second-order valence-corrected chi connectivity index (χ2v) is 17.8. The van der Waals surface area contributed by atoms with E-state index in [0.29, 0.717) is 56.9 Å². The number of quaternary nitrogens is 1. The van der Waals surface area contributed by atoms with Gasteiger partial charge in [-0.3, -0.25) is 19.7 Å². The number of hydroxylamine groups is 1. The number of aryl methyl sites for hydroxylation is 3. The number of nitriles is 1. The molecule has 0 radical (unpaired) electrons. The molecule has 0 aromatic heterocycles. The van der Waals surface area contributed by atoms with Gasteiger partial charge in [0, 0.05) is 47.7 Å². The number of thiol groups is 1. The molecule has 1 saturated heterocycles. The van der Waals surface area contributed by atoms with Crippen molar-refractivity contribution in [2.75, 3.05) is 38.7 Å². The summed E-state index contributed by atoms with van der Waals surface area (Å²) in [4.78, 5) is 46.7. The summed E-state index contributed by atoms with van der Waals surface area (Å²) in [5, 5.41) is 25.6. The first-order chi connectivity index (χ1) is 32.1. The zero-order chi connectivity index (χ0) is 51.2. The summed E-state index contributed by atoms with van der Waals surface area (Å²) in [5.74, 6) is 0.746. The van der Waals surface area contributed by atoms with Crippen LogP contribution in [-0.2, 0) is 31.0 Å². The van der Waals surface area contributed by atoms with Crippen LogP contribution in [0, 0.1) is 37.0 Å². The van der Waals surface area contributed by atoms with E-state index in [-0.39, 0.29) is 40.7 Å². The van der Waals surface area contributed by atoms with Gasteiger partial charge in [-0.15, -0.1) is 0 Å². The lowest BCUT2D eigenvalue weighted by Crippen LogP contribution is -2.42. The van der Waals surface area contributed by atoms with Crippen LogP contribution in [0.25, 0.3) is 11.1 Å². The monoisotopic (exact) mass is 950 g/mol. The van der Waals surface area contributed by atoms with E-state index >= 15 is 0 Å². The Morgan fingerprint density at radius 1 is 1.01 bits per heavy atom. The first kappa shape index (κ1) is 58.0. The third-order valence-corrected chi connectivity index (χ3v) is 11.0. The zero-order valence-electron chi connectivity index (χ0n) is 42.1. The molecule has 13 nitrogen and oxygen atoms in total. The van der Waals surface area contributed by atoms with Gasteiger partial charge in [0.05, 0.1) is 18.8 Å². The second kappa shape index (κ2) is 28.3. The average Bonchev–Trinajstić information content (AvgIpc) is 3.30. The van der Waals surface area contributed by atoms with E-state index in [1.807, 2.05) is 72.7 Å². The molecule has 1 aliphatic rings. The smallest absolute Gasteiger partial charge is 0.229 e. The van der Waals surface area contributed by atoms with Crippen molar-refractivity contribution in [1.82, 2.24) is 10.7 Å². The number of benzene rings is 4. The molecule has 4 N–H and O–H groups in total. The molecule has 2 amide bonds. The number of aldehydes is 1. The molecule has 0 aliphatic carbocycles. The molecule has 2 atom stereocenters. The number of aliphatic imine (C=N–C) groups is 1. The Kier molecular flexibility index (Phi) is 24.1. The fourth-order valence-electron chi connectivity index (χ4n) is 6.93. The van der Waals surface area contributed by atoms with Gasteiger partial charge in [-0.2, -0.15) is 15.9 Å². The summed E-state index contributed by atoms with van der Waals surface area (Å²) in [7, 11) is 1.44. The van der Waals surface area contributed by atoms with Crippen molar-refractivity contribution in [2.45, 2.75) is 101 Å². The van der Waals surface area contributed by atoms with Gasteiger partial charge >= 0.3 is 0 Å². The first-order valence-electron chi connectivity index (χ1n) is 23.1. The van der Waals surface area contributed by atoms with E-state index in [2.05, 4.69) is 116 Å². The van der Waals surface area contributed by atoms with Gasteiger partial charge in [0.15, 0.2) is 11.6 Å². The van der Waals surface area contributed by atoms with E-state index in [9.17, 15) is 24.9 Å². The fourth-order valence-corrected chi connectivity index (χ4v) is 7.04. The molecule has 366 valence electrons. The van der Waals surface area contributed by atoms with E-state index in [1.54, 1.807) is 6.21 Å². The highest BCUT2D eigenvalue weighted by Gasteiger charge is 2.26. The van der Waals surface area contributed by atoms with Crippen LogP contribution in [0.3, 0.4) is 0 Å². The lowest BCUT2D eigenvalue weighted by Gasteiger charge is -2.28. The Bertz CT molecular complexity index is 2400. The topological polar surface area (TPSA) is 179 Å². The van der Waals surface area contributed by atoms with Crippen LogP contribution in [-0.4, -0.2) is 72.9 Å². The number of amides is 2.